The first-order chi connectivity index (χ1) is 11.9. The summed E-state index contributed by atoms with van der Waals surface area (Å²) in [5.41, 5.74) is 7.39. The molecule has 0 saturated carbocycles. The maximum Gasteiger partial charge on any atom is 0.408 e. The van der Waals surface area contributed by atoms with Crippen molar-refractivity contribution in [3.8, 4) is 28.4 Å². The Morgan fingerprint density at radius 1 is 1.28 bits per heavy atom. The molecule has 25 heavy (non-hydrogen) atoms. The number of ether oxygens (including phenoxy) is 1. The van der Waals surface area contributed by atoms with Gasteiger partial charge in [-0.05, 0) is 17.6 Å². The number of alkyl halides is 3. The molecule has 2 N–H and O–H groups in total. The molecule has 0 amide bonds. The SMILES string of the molecule is Nc1nc(-c2nsc3c2-c2ccccc2OCC3)n(CC(F)(F)F)n1. The van der Waals surface area contributed by atoms with Crippen LogP contribution in [0.2, 0.25) is 0 Å². The van der Waals surface area contributed by atoms with E-state index in [0.29, 0.717) is 24.5 Å². The van der Waals surface area contributed by atoms with Gasteiger partial charge in [0.2, 0.25) is 5.95 Å². The summed E-state index contributed by atoms with van der Waals surface area (Å²) < 4.78 is 49.4. The molecular weight excluding hydrogens is 355 g/mol. The number of aromatic nitrogens is 4. The topological polar surface area (TPSA) is 78.9 Å². The minimum absolute atomic E-state index is 0.00373. The minimum atomic E-state index is -4.44. The number of hydrogen-bond donors (Lipinski definition) is 1. The molecule has 2 aromatic heterocycles. The number of nitrogen functional groups attached to an aromatic ring is 1. The third-order valence-electron chi connectivity index (χ3n) is 3.73. The zero-order chi connectivity index (χ0) is 17.6. The van der Waals surface area contributed by atoms with E-state index in [9.17, 15) is 13.2 Å². The van der Waals surface area contributed by atoms with Gasteiger partial charge >= 0.3 is 6.18 Å². The summed E-state index contributed by atoms with van der Waals surface area (Å²) >= 11 is 1.23. The molecule has 1 aromatic carbocycles. The number of hydrogen-bond acceptors (Lipinski definition) is 6. The van der Waals surface area contributed by atoms with Crippen LogP contribution in [0.25, 0.3) is 22.6 Å². The van der Waals surface area contributed by atoms with E-state index in [4.69, 9.17) is 10.5 Å². The van der Waals surface area contributed by atoms with E-state index >= 15 is 0 Å². The lowest BCUT2D eigenvalue weighted by molar-refractivity contribution is -0.142. The van der Waals surface area contributed by atoms with E-state index in [1.807, 2.05) is 24.3 Å². The van der Waals surface area contributed by atoms with Gasteiger partial charge in [-0.15, -0.1) is 5.10 Å². The standard InChI is InChI=1S/C15H12F3N5OS/c16-15(17,18)7-23-13(20-14(19)21-23)12-11-8-3-1-2-4-9(8)24-6-5-10(11)25-22-12/h1-4H,5-7H2,(H2,19,21). The van der Waals surface area contributed by atoms with Crippen LogP contribution in [0.4, 0.5) is 19.1 Å². The van der Waals surface area contributed by atoms with E-state index in [-0.39, 0.29) is 11.8 Å². The van der Waals surface area contributed by atoms with Crippen LogP contribution in [0.3, 0.4) is 0 Å². The van der Waals surface area contributed by atoms with Crippen molar-refractivity contribution >= 4 is 17.5 Å². The smallest absolute Gasteiger partial charge is 0.408 e. The van der Waals surface area contributed by atoms with Crippen molar-refractivity contribution in [2.75, 3.05) is 12.3 Å². The number of nitrogens with two attached hydrogens (primary N) is 1. The molecule has 1 aliphatic heterocycles. The molecule has 130 valence electrons. The molecule has 0 aliphatic carbocycles. The van der Waals surface area contributed by atoms with Gasteiger partial charge < -0.3 is 10.5 Å². The summed E-state index contributed by atoms with van der Waals surface area (Å²) in [5, 5.41) is 3.68. The summed E-state index contributed by atoms with van der Waals surface area (Å²) in [6.45, 7) is -0.806. The van der Waals surface area contributed by atoms with E-state index in [1.54, 1.807) is 0 Å². The molecular formula is C15H12F3N5OS. The molecule has 0 radical (unpaired) electrons. The number of fused-ring (bicyclic) bond motifs is 3. The van der Waals surface area contributed by atoms with E-state index in [2.05, 4.69) is 14.5 Å². The van der Waals surface area contributed by atoms with Crippen molar-refractivity contribution in [1.29, 1.82) is 0 Å². The third-order valence-corrected chi connectivity index (χ3v) is 4.64. The molecule has 3 aromatic rings. The van der Waals surface area contributed by atoms with Crippen molar-refractivity contribution in [3.63, 3.8) is 0 Å². The maximum atomic E-state index is 12.8. The van der Waals surface area contributed by atoms with Crippen LogP contribution in [0, 0.1) is 0 Å². The van der Waals surface area contributed by atoms with Crippen LogP contribution < -0.4 is 10.5 Å². The number of para-hydroxylation sites is 1. The summed E-state index contributed by atoms with van der Waals surface area (Å²) in [6, 6.07) is 7.35. The fraction of sp³-hybridized carbons (Fsp3) is 0.267. The molecule has 0 bridgehead atoms. The molecule has 1 aliphatic rings. The van der Waals surface area contributed by atoms with E-state index < -0.39 is 12.7 Å². The van der Waals surface area contributed by atoms with Gasteiger partial charge in [-0.25, -0.2) is 4.68 Å². The zero-order valence-electron chi connectivity index (χ0n) is 12.7. The first-order valence-corrected chi connectivity index (χ1v) is 8.18. The first kappa shape index (κ1) is 15.9. The molecule has 10 heteroatoms. The van der Waals surface area contributed by atoms with Crippen molar-refractivity contribution in [3.05, 3.63) is 29.1 Å². The number of anilines is 1. The number of halogens is 3. The third kappa shape index (κ3) is 2.93. The van der Waals surface area contributed by atoms with Crippen LogP contribution in [0.15, 0.2) is 24.3 Å². The van der Waals surface area contributed by atoms with Gasteiger partial charge in [0.25, 0.3) is 0 Å². The van der Waals surface area contributed by atoms with Crippen LogP contribution in [0.1, 0.15) is 4.88 Å². The van der Waals surface area contributed by atoms with Crippen molar-refractivity contribution in [1.82, 2.24) is 19.1 Å². The Labute approximate surface area is 144 Å². The Hall–Kier alpha value is -2.62. The average molecular weight is 367 g/mol. The van der Waals surface area contributed by atoms with Crippen LogP contribution >= 0.6 is 11.5 Å². The average Bonchev–Trinajstić information content (AvgIpc) is 3.04. The van der Waals surface area contributed by atoms with Gasteiger partial charge in [-0.3, -0.25) is 0 Å². The largest absolute Gasteiger partial charge is 0.493 e. The van der Waals surface area contributed by atoms with Gasteiger partial charge in [0.05, 0.1) is 6.61 Å². The lowest BCUT2D eigenvalue weighted by Gasteiger charge is -2.10. The second-order valence-corrected chi connectivity index (χ2v) is 6.35. The molecule has 0 unspecified atom stereocenters. The highest BCUT2D eigenvalue weighted by Crippen LogP contribution is 2.42. The molecule has 0 saturated heterocycles. The lowest BCUT2D eigenvalue weighted by atomic mass is 10.0. The number of benzene rings is 1. The molecule has 0 fully saturated rings. The van der Waals surface area contributed by atoms with Crippen LogP contribution in [-0.4, -0.2) is 31.9 Å². The molecule has 0 spiro atoms. The van der Waals surface area contributed by atoms with Crippen LogP contribution in [0.5, 0.6) is 5.75 Å². The van der Waals surface area contributed by atoms with Crippen LogP contribution in [-0.2, 0) is 13.0 Å². The number of rotatable bonds is 2. The molecule has 4 rings (SSSR count). The maximum absolute atomic E-state index is 12.8. The fourth-order valence-electron chi connectivity index (χ4n) is 2.79. The fourth-order valence-corrected chi connectivity index (χ4v) is 3.64. The van der Waals surface area contributed by atoms with Crippen molar-refractivity contribution < 1.29 is 17.9 Å². The predicted octanol–water partition coefficient (Wildman–Crippen LogP) is 3.15. The molecule has 6 nitrogen and oxygen atoms in total. The van der Waals surface area contributed by atoms with Gasteiger partial charge in [0.15, 0.2) is 5.82 Å². The normalized spacial score (nSPS) is 13.7. The summed E-state index contributed by atoms with van der Waals surface area (Å²) in [6.07, 6.45) is -3.83. The highest BCUT2D eigenvalue weighted by molar-refractivity contribution is 7.06. The second kappa shape index (κ2) is 5.73. The zero-order valence-corrected chi connectivity index (χ0v) is 13.6. The Balaban J connectivity index is 1.90. The Morgan fingerprint density at radius 3 is 2.88 bits per heavy atom. The predicted molar refractivity (Wildman–Crippen MR) is 86.2 cm³/mol. The quantitative estimate of drug-likeness (QED) is 0.753. The summed E-state index contributed by atoms with van der Waals surface area (Å²) in [7, 11) is 0. The highest BCUT2D eigenvalue weighted by atomic mass is 32.1. The van der Waals surface area contributed by atoms with Gasteiger partial charge in [-0.2, -0.15) is 22.5 Å². The number of nitrogens with zero attached hydrogens (tertiary/aromatic N) is 4. The van der Waals surface area contributed by atoms with Crippen molar-refractivity contribution in [2.45, 2.75) is 19.1 Å². The lowest BCUT2D eigenvalue weighted by Crippen LogP contribution is -2.19. The van der Waals surface area contributed by atoms with E-state index in [0.717, 1.165) is 20.7 Å². The highest BCUT2D eigenvalue weighted by Gasteiger charge is 2.32. The molecule has 0 atom stereocenters. The monoisotopic (exact) mass is 367 g/mol. The molecule has 3 heterocycles. The summed E-state index contributed by atoms with van der Waals surface area (Å²) in [5.74, 6) is 0.445. The summed E-state index contributed by atoms with van der Waals surface area (Å²) in [4.78, 5) is 4.91. The Morgan fingerprint density at radius 2 is 2.08 bits per heavy atom. The second-order valence-electron chi connectivity index (χ2n) is 5.49. The van der Waals surface area contributed by atoms with E-state index in [1.165, 1.54) is 11.5 Å². The first-order valence-electron chi connectivity index (χ1n) is 7.40. The Kier molecular flexibility index (Phi) is 3.64. The minimum Gasteiger partial charge on any atom is -0.493 e. The van der Waals surface area contributed by atoms with Gasteiger partial charge in [0, 0.05) is 22.4 Å². The van der Waals surface area contributed by atoms with Crippen molar-refractivity contribution in [2.24, 2.45) is 0 Å². The van der Waals surface area contributed by atoms with Gasteiger partial charge in [-0.1, -0.05) is 18.2 Å². The van der Waals surface area contributed by atoms with Gasteiger partial charge in [0.1, 0.15) is 18.0 Å². The Bertz CT molecular complexity index is 934.